The van der Waals surface area contributed by atoms with Gasteiger partial charge in [0.25, 0.3) is 0 Å². The van der Waals surface area contributed by atoms with Gasteiger partial charge in [0.05, 0.1) is 11.2 Å². The molecule has 1 atom stereocenters. The molecule has 5 nitrogen and oxygen atoms in total. The first kappa shape index (κ1) is 23.6. The fourth-order valence-electron chi connectivity index (χ4n) is 4.98. The minimum atomic E-state index is -0.515. The van der Waals surface area contributed by atoms with E-state index in [0.717, 1.165) is 59.0 Å². The molecule has 1 fully saturated rings. The van der Waals surface area contributed by atoms with E-state index in [1.54, 1.807) is 6.20 Å². The van der Waals surface area contributed by atoms with Crippen molar-refractivity contribution in [2.75, 3.05) is 0 Å². The second-order valence-corrected chi connectivity index (χ2v) is 10.8. The van der Waals surface area contributed by atoms with E-state index in [-0.39, 0.29) is 17.6 Å². The number of fused-ring (bicyclic) bond motifs is 1. The molecule has 35 heavy (non-hydrogen) atoms. The minimum Gasteiger partial charge on any atom is -0.444 e. The Bertz CT molecular complexity index is 1320. The number of pyridine rings is 2. The topological polar surface area (TPSA) is 64.1 Å². The zero-order chi connectivity index (χ0) is 24.6. The minimum absolute atomic E-state index is 0.215. The van der Waals surface area contributed by atoms with Gasteiger partial charge in [-0.05, 0) is 69.7 Å². The van der Waals surface area contributed by atoms with Crippen LogP contribution in [-0.2, 0) is 4.74 Å². The number of nitrogens with zero attached hydrogens (tertiary/aromatic N) is 2. The number of amides is 1. The van der Waals surface area contributed by atoms with Crippen LogP contribution in [0.1, 0.15) is 52.1 Å². The highest BCUT2D eigenvalue weighted by molar-refractivity contribution is 6.34. The number of carbonyl (C=O) groups excluding carboxylic acids is 1. The zero-order valence-electron chi connectivity index (χ0n) is 20.3. The van der Waals surface area contributed by atoms with Gasteiger partial charge >= 0.3 is 6.09 Å². The summed E-state index contributed by atoms with van der Waals surface area (Å²) < 4.78 is 5.55. The zero-order valence-corrected chi connectivity index (χ0v) is 21.1. The number of aromatic nitrogens is 2. The normalized spacial score (nSPS) is 19.1. The maximum Gasteiger partial charge on any atom is 0.408 e. The number of nitrogens with one attached hydrogen (secondary N) is 1. The molecule has 0 aliphatic heterocycles. The fraction of sp³-hybridized carbons (Fsp3) is 0.345. The van der Waals surface area contributed by atoms with E-state index in [1.807, 2.05) is 45.0 Å². The number of benzene rings is 1. The third kappa shape index (κ3) is 4.83. The van der Waals surface area contributed by atoms with Crippen molar-refractivity contribution >= 4 is 34.2 Å². The average Bonchev–Trinajstić information content (AvgIpc) is 2.81. The van der Waals surface area contributed by atoms with E-state index in [2.05, 4.69) is 46.7 Å². The van der Waals surface area contributed by atoms with Crippen molar-refractivity contribution in [1.29, 1.82) is 0 Å². The molecule has 180 valence electrons. The van der Waals surface area contributed by atoms with Gasteiger partial charge in [-0.1, -0.05) is 60.2 Å². The van der Waals surface area contributed by atoms with Gasteiger partial charge in [0.15, 0.2) is 0 Å². The number of halogens is 1. The molecule has 0 bridgehead atoms. The first-order chi connectivity index (χ1) is 16.7. The standard InChI is InChI=1S/C29H30ClN3O2/c1-28(2,3)35-27(34)33-29(15-7-16-29)21-12-10-20(11-13-21)25-22(19-8-5-4-6-9-19)18-23-24(32-25)14-17-31-26(23)30/h4-6,8-12,14,17-18,21H,7,13,15-16H2,1-3H3,(H,33,34). The Morgan fingerprint density at radius 3 is 2.57 bits per heavy atom. The highest BCUT2D eigenvalue weighted by Gasteiger charge is 2.45. The first-order valence-corrected chi connectivity index (χ1v) is 12.5. The van der Waals surface area contributed by atoms with Crippen LogP contribution in [0.3, 0.4) is 0 Å². The molecule has 2 aliphatic rings. The maximum atomic E-state index is 12.6. The van der Waals surface area contributed by atoms with Crippen LogP contribution in [0.25, 0.3) is 27.6 Å². The summed E-state index contributed by atoms with van der Waals surface area (Å²) >= 11 is 6.40. The predicted octanol–water partition coefficient (Wildman–Crippen LogP) is 7.36. The Labute approximate surface area is 211 Å². The predicted molar refractivity (Wildman–Crippen MR) is 141 cm³/mol. The Kier molecular flexibility index (Phi) is 6.14. The number of rotatable bonds is 4. The number of hydrogen-bond acceptors (Lipinski definition) is 4. The van der Waals surface area contributed by atoms with Gasteiger partial charge in [0.2, 0.25) is 0 Å². The van der Waals surface area contributed by atoms with Crippen LogP contribution in [-0.4, -0.2) is 27.2 Å². The number of hydrogen-bond donors (Lipinski definition) is 1. The lowest BCUT2D eigenvalue weighted by molar-refractivity contribution is 0.0315. The molecule has 1 saturated carbocycles. The lowest BCUT2D eigenvalue weighted by Gasteiger charge is -2.47. The van der Waals surface area contributed by atoms with Crippen LogP contribution in [0.15, 0.2) is 66.9 Å². The summed E-state index contributed by atoms with van der Waals surface area (Å²) in [4.78, 5) is 21.8. The molecule has 2 heterocycles. The lowest BCUT2D eigenvalue weighted by Crippen LogP contribution is -2.58. The van der Waals surface area contributed by atoms with Crippen molar-refractivity contribution < 1.29 is 9.53 Å². The van der Waals surface area contributed by atoms with E-state index >= 15 is 0 Å². The van der Waals surface area contributed by atoms with Crippen molar-refractivity contribution in [1.82, 2.24) is 15.3 Å². The molecule has 2 aliphatic carbocycles. The molecule has 0 spiro atoms. The molecule has 2 aromatic heterocycles. The molecule has 6 heteroatoms. The molecular formula is C29H30ClN3O2. The Morgan fingerprint density at radius 1 is 1.17 bits per heavy atom. The van der Waals surface area contributed by atoms with Crippen LogP contribution < -0.4 is 5.32 Å². The number of ether oxygens (including phenoxy) is 1. The van der Waals surface area contributed by atoms with E-state index in [1.165, 1.54) is 0 Å². The Hall–Kier alpha value is -3.18. The summed E-state index contributed by atoms with van der Waals surface area (Å²) in [5.41, 5.74) is 4.14. The highest BCUT2D eigenvalue weighted by Crippen LogP contribution is 2.44. The average molecular weight is 488 g/mol. The van der Waals surface area contributed by atoms with Gasteiger partial charge in [0, 0.05) is 28.6 Å². The maximum absolute atomic E-state index is 12.6. The summed E-state index contributed by atoms with van der Waals surface area (Å²) in [6.45, 7) is 5.67. The molecule has 0 radical (unpaired) electrons. The van der Waals surface area contributed by atoms with E-state index in [9.17, 15) is 4.79 Å². The van der Waals surface area contributed by atoms with Crippen molar-refractivity contribution in [3.05, 3.63) is 77.7 Å². The third-order valence-electron chi connectivity index (χ3n) is 6.86. The fourth-order valence-corrected chi connectivity index (χ4v) is 5.19. The summed E-state index contributed by atoms with van der Waals surface area (Å²) in [7, 11) is 0. The largest absolute Gasteiger partial charge is 0.444 e. The number of allylic oxidation sites excluding steroid dienone is 3. The second-order valence-electron chi connectivity index (χ2n) is 10.4. The molecule has 5 rings (SSSR count). The monoisotopic (exact) mass is 487 g/mol. The molecule has 1 amide bonds. The van der Waals surface area contributed by atoms with Crippen molar-refractivity contribution in [2.45, 2.75) is 57.6 Å². The van der Waals surface area contributed by atoms with Gasteiger partial charge in [-0.25, -0.2) is 14.8 Å². The third-order valence-corrected chi connectivity index (χ3v) is 7.16. The second kappa shape index (κ2) is 9.12. The van der Waals surface area contributed by atoms with Crippen molar-refractivity contribution in [2.24, 2.45) is 5.92 Å². The summed E-state index contributed by atoms with van der Waals surface area (Å²) in [5, 5.41) is 4.49. The van der Waals surface area contributed by atoms with Gasteiger partial charge in [0.1, 0.15) is 10.8 Å². The van der Waals surface area contributed by atoms with Crippen LogP contribution >= 0.6 is 11.6 Å². The summed E-state index contributed by atoms with van der Waals surface area (Å²) in [6, 6.07) is 14.2. The molecule has 1 unspecified atom stereocenters. The van der Waals surface area contributed by atoms with E-state index in [0.29, 0.717) is 5.15 Å². The Balaban J connectivity index is 1.46. The van der Waals surface area contributed by atoms with Gasteiger partial charge in [-0.2, -0.15) is 0 Å². The molecule has 1 aromatic carbocycles. The quantitative estimate of drug-likeness (QED) is 0.390. The summed E-state index contributed by atoms with van der Waals surface area (Å²) in [5.74, 6) is 0.215. The van der Waals surface area contributed by atoms with Gasteiger partial charge in [-0.3, -0.25) is 0 Å². The van der Waals surface area contributed by atoms with E-state index < -0.39 is 5.60 Å². The van der Waals surface area contributed by atoms with E-state index in [4.69, 9.17) is 21.3 Å². The molecule has 0 saturated heterocycles. The smallest absolute Gasteiger partial charge is 0.408 e. The molecule has 1 N–H and O–H groups in total. The SMILES string of the molecule is CC(C)(C)OC(=O)NC1(C2C=CC(c3nc4ccnc(Cl)c4cc3-c3ccccc3)=CC2)CCC1. The highest BCUT2D eigenvalue weighted by atomic mass is 35.5. The van der Waals surface area contributed by atoms with Crippen LogP contribution in [0.4, 0.5) is 4.79 Å². The molecular weight excluding hydrogens is 458 g/mol. The lowest BCUT2D eigenvalue weighted by atomic mass is 9.65. The molecule has 3 aromatic rings. The number of carbonyl (C=O) groups is 1. The van der Waals surface area contributed by atoms with Crippen LogP contribution in [0.5, 0.6) is 0 Å². The van der Waals surface area contributed by atoms with Crippen LogP contribution in [0, 0.1) is 5.92 Å². The van der Waals surface area contributed by atoms with Gasteiger partial charge < -0.3 is 10.1 Å². The van der Waals surface area contributed by atoms with Crippen LogP contribution in [0.2, 0.25) is 5.15 Å². The summed E-state index contributed by atoms with van der Waals surface area (Å²) in [6.07, 6.45) is 11.8. The number of alkyl carbamates (subject to hydrolysis) is 1. The van der Waals surface area contributed by atoms with Crippen molar-refractivity contribution in [3.8, 4) is 11.1 Å². The Morgan fingerprint density at radius 2 is 1.94 bits per heavy atom. The van der Waals surface area contributed by atoms with Gasteiger partial charge in [-0.15, -0.1) is 0 Å². The first-order valence-electron chi connectivity index (χ1n) is 12.1. The van der Waals surface area contributed by atoms with Crippen molar-refractivity contribution in [3.63, 3.8) is 0 Å².